The third-order valence-electron chi connectivity index (χ3n) is 5.11. The molecule has 1 aromatic heterocycles. The van der Waals surface area contributed by atoms with E-state index in [2.05, 4.69) is 9.71 Å². The first-order valence-corrected chi connectivity index (χ1v) is 13.1. The number of anilines is 1. The zero-order valence-corrected chi connectivity index (χ0v) is 18.9. The van der Waals surface area contributed by atoms with Crippen LogP contribution in [0.2, 0.25) is 0 Å². The van der Waals surface area contributed by atoms with E-state index in [9.17, 15) is 16.8 Å². The third-order valence-corrected chi connectivity index (χ3v) is 8.42. The monoisotopic (exact) mass is 469 g/mol. The normalized spacial score (nSPS) is 15.2. The van der Waals surface area contributed by atoms with Gasteiger partial charge in [-0.1, -0.05) is 24.3 Å². The van der Waals surface area contributed by atoms with Crippen LogP contribution < -0.4 is 4.72 Å². The fraction of sp³-hybridized carbons (Fsp3) is 0.174. The number of hydrogen-bond acceptors (Lipinski definition) is 5. The molecular weight excluding hydrogens is 446 g/mol. The molecule has 2 aromatic carbocycles. The molecule has 1 aliphatic heterocycles. The van der Waals surface area contributed by atoms with E-state index in [-0.39, 0.29) is 9.79 Å². The van der Waals surface area contributed by atoms with Gasteiger partial charge in [-0.15, -0.1) is 0 Å². The van der Waals surface area contributed by atoms with Crippen molar-refractivity contribution < 1.29 is 16.8 Å². The highest BCUT2D eigenvalue weighted by atomic mass is 32.2. The quantitative estimate of drug-likeness (QED) is 0.567. The van der Waals surface area contributed by atoms with E-state index in [1.165, 1.54) is 28.6 Å². The lowest BCUT2D eigenvalue weighted by molar-refractivity contribution is 0.477. The van der Waals surface area contributed by atoms with Crippen LogP contribution in [0.25, 0.3) is 12.2 Å². The third kappa shape index (κ3) is 5.07. The maximum Gasteiger partial charge on any atom is 0.261 e. The first-order valence-electron chi connectivity index (χ1n) is 10.2. The zero-order chi connectivity index (χ0) is 22.6. The van der Waals surface area contributed by atoms with Crippen LogP contribution in [0, 0.1) is 0 Å². The zero-order valence-electron chi connectivity index (χ0n) is 17.3. The predicted octanol–water partition coefficient (Wildman–Crippen LogP) is 3.84. The predicted molar refractivity (Wildman–Crippen MR) is 125 cm³/mol. The fourth-order valence-electron chi connectivity index (χ4n) is 3.44. The Kier molecular flexibility index (Phi) is 6.40. The van der Waals surface area contributed by atoms with E-state index in [4.69, 9.17) is 0 Å². The molecule has 4 rings (SSSR count). The molecule has 0 amide bonds. The van der Waals surface area contributed by atoms with Crippen molar-refractivity contribution in [3.63, 3.8) is 0 Å². The van der Waals surface area contributed by atoms with E-state index < -0.39 is 20.0 Å². The summed E-state index contributed by atoms with van der Waals surface area (Å²) < 4.78 is 54.9. The highest BCUT2D eigenvalue weighted by molar-refractivity contribution is 7.92. The van der Waals surface area contributed by atoms with Crippen molar-refractivity contribution in [2.24, 2.45) is 0 Å². The number of sulfonamides is 2. The van der Waals surface area contributed by atoms with Gasteiger partial charge in [0.15, 0.2) is 0 Å². The van der Waals surface area contributed by atoms with Crippen LogP contribution in [0.4, 0.5) is 5.69 Å². The Balaban J connectivity index is 1.50. The Morgan fingerprint density at radius 2 is 1.53 bits per heavy atom. The van der Waals surface area contributed by atoms with E-state index >= 15 is 0 Å². The van der Waals surface area contributed by atoms with Crippen molar-refractivity contribution in [2.45, 2.75) is 22.6 Å². The minimum absolute atomic E-state index is 0.00713. The van der Waals surface area contributed by atoms with Crippen LogP contribution in [0.1, 0.15) is 24.1 Å². The highest BCUT2D eigenvalue weighted by Gasteiger charge is 2.27. The van der Waals surface area contributed by atoms with Crippen molar-refractivity contribution in [1.29, 1.82) is 0 Å². The van der Waals surface area contributed by atoms with Gasteiger partial charge in [0.05, 0.1) is 15.5 Å². The van der Waals surface area contributed by atoms with Crippen molar-refractivity contribution in [3.05, 3.63) is 84.2 Å². The summed E-state index contributed by atoms with van der Waals surface area (Å²) in [6.07, 6.45) is 7.06. The lowest BCUT2D eigenvalue weighted by Gasteiger charge is -2.15. The number of benzene rings is 2. The Morgan fingerprint density at radius 1 is 0.812 bits per heavy atom. The van der Waals surface area contributed by atoms with Crippen molar-refractivity contribution in [1.82, 2.24) is 9.29 Å². The molecule has 2 heterocycles. The molecule has 166 valence electrons. The smallest absolute Gasteiger partial charge is 0.261 e. The maximum absolute atomic E-state index is 12.8. The van der Waals surface area contributed by atoms with Crippen molar-refractivity contribution in [3.8, 4) is 0 Å². The number of aromatic nitrogens is 1. The largest absolute Gasteiger partial charge is 0.280 e. The molecule has 1 aliphatic rings. The summed E-state index contributed by atoms with van der Waals surface area (Å²) >= 11 is 0. The average molecular weight is 470 g/mol. The minimum atomic E-state index is -3.87. The average Bonchev–Trinajstić information content (AvgIpc) is 3.35. The summed E-state index contributed by atoms with van der Waals surface area (Å²) in [4.78, 5) is 4.31. The SMILES string of the molecule is O=S(=O)(Nc1cccc(/C=C/c2ccccn2)c1)c1ccc(S(=O)(=O)N2CCCC2)cc1. The summed E-state index contributed by atoms with van der Waals surface area (Å²) in [5, 5.41) is 0. The molecular formula is C23H23N3O4S2. The van der Waals surface area contributed by atoms with Gasteiger partial charge in [0.2, 0.25) is 10.0 Å². The van der Waals surface area contributed by atoms with Crippen LogP contribution in [0.5, 0.6) is 0 Å². The number of nitrogens with zero attached hydrogens (tertiary/aromatic N) is 2. The number of nitrogens with one attached hydrogen (secondary N) is 1. The van der Waals surface area contributed by atoms with Crippen LogP contribution >= 0.6 is 0 Å². The lowest BCUT2D eigenvalue weighted by atomic mass is 10.2. The number of hydrogen-bond donors (Lipinski definition) is 1. The molecule has 1 N–H and O–H groups in total. The van der Waals surface area contributed by atoms with Crippen LogP contribution in [-0.4, -0.2) is 39.2 Å². The molecule has 0 radical (unpaired) electrons. The van der Waals surface area contributed by atoms with Gasteiger partial charge in [-0.2, -0.15) is 4.31 Å². The molecule has 0 aliphatic carbocycles. The van der Waals surface area contributed by atoms with E-state index in [0.29, 0.717) is 18.8 Å². The molecule has 3 aromatic rings. The van der Waals surface area contributed by atoms with Gasteiger partial charge in [-0.25, -0.2) is 16.8 Å². The van der Waals surface area contributed by atoms with Gasteiger partial charge in [0, 0.05) is 25.0 Å². The summed E-state index contributed by atoms with van der Waals surface area (Å²) in [6.45, 7) is 0.990. The van der Waals surface area contributed by atoms with Crippen LogP contribution in [0.3, 0.4) is 0 Å². The van der Waals surface area contributed by atoms with Crippen molar-refractivity contribution in [2.75, 3.05) is 17.8 Å². The topological polar surface area (TPSA) is 96.4 Å². The van der Waals surface area contributed by atoms with Gasteiger partial charge in [0.25, 0.3) is 10.0 Å². The second kappa shape index (κ2) is 9.23. The van der Waals surface area contributed by atoms with Gasteiger partial charge in [-0.3, -0.25) is 9.71 Å². The molecule has 0 unspecified atom stereocenters. The summed E-state index contributed by atoms with van der Waals surface area (Å²) in [5.74, 6) is 0. The number of pyridine rings is 1. The lowest BCUT2D eigenvalue weighted by Crippen LogP contribution is -2.27. The van der Waals surface area contributed by atoms with E-state index in [0.717, 1.165) is 24.1 Å². The first-order chi connectivity index (χ1) is 15.3. The molecule has 0 bridgehead atoms. The summed E-state index contributed by atoms with van der Waals surface area (Å²) in [5.41, 5.74) is 2.01. The Morgan fingerprint density at radius 3 is 2.22 bits per heavy atom. The summed E-state index contributed by atoms with van der Waals surface area (Å²) in [6, 6.07) is 17.9. The molecule has 7 nitrogen and oxygen atoms in total. The Hall–Kier alpha value is -3.01. The van der Waals surface area contributed by atoms with E-state index in [1.807, 2.05) is 36.4 Å². The minimum Gasteiger partial charge on any atom is -0.280 e. The molecule has 0 saturated carbocycles. The molecule has 0 atom stereocenters. The van der Waals surface area contributed by atoms with Crippen LogP contribution in [0.15, 0.2) is 82.7 Å². The molecule has 9 heteroatoms. The molecule has 32 heavy (non-hydrogen) atoms. The first kappa shape index (κ1) is 22.2. The Labute approximate surface area is 188 Å². The maximum atomic E-state index is 12.8. The Bertz CT molecular complexity index is 1320. The standard InChI is InChI=1S/C23H23N3O4S2/c27-31(28,22-11-13-23(14-12-22)32(29,30)26-16-3-4-17-26)25-21-8-5-6-19(18-21)9-10-20-7-1-2-15-24-20/h1-2,5-15,18,25H,3-4,16-17H2/b10-9+. The fourth-order valence-corrected chi connectivity index (χ4v) is 6.01. The molecule has 0 spiro atoms. The van der Waals surface area contributed by atoms with Gasteiger partial charge >= 0.3 is 0 Å². The second-order valence-corrected chi connectivity index (χ2v) is 11.0. The highest BCUT2D eigenvalue weighted by Crippen LogP contribution is 2.23. The van der Waals surface area contributed by atoms with Crippen molar-refractivity contribution >= 4 is 37.9 Å². The van der Waals surface area contributed by atoms with Crippen LogP contribution in [-0.2, 0) is 20.0 Å². The molecule has 1 fully saturated rings. The molecule has 1 saturated heterocycles. The van der Waals surface area contributed by atoms with Gasteiger partial charge < -0.3 is 0 Å². The van der Waals surface area contributed by atoms with E-state index in [1.54, 1.807) is 24.4 Å². The second-order valence-electron chi connectivity index (χ2n) is 7.40. The summed E-state index contributed by atoms with van der Waals surface area (Å²) in [7, 11) is -7.46. The van der Waals surface area contributed by atoms with Gasteiger partial charge in [0.1, 0.15) is 0 Å². The number of rotatable bonds is 7. The van der Waals surface area contributed by atoms with Gasteiger partial charge in [-0.05, 0) is 73.0 Å².